The van der Waals surface area contributed by atoms with Crippen LogP contribution >= 0.6 is 0 Å². The molecular weight excluding hydrogens is 266 g/mol. The summed E-state index contributed by atoms with van der Waals surface area (Å²) in [6.45, 7) is 4.25. The van der Waals surface area contributed by atoms with Crippen LogP contribution in [0, 0.1) is 18.8 Å². The lowest BCUT2D eigenvalue weighted by atomic mass is 10.0. The number of carboxylic acid groups (broad SMARTS) is 1. The van der Waals surface area contributed by atoms with E-state index in [-0.39, 0.29) is 18.4 Å². The van der Waals surface area contributed by atoms with E-state index in [0.29, 0.717) is 12.3 Å². The van der Waals surface area contributed by atoms with Crippen molar-refractivity contribution in [1.29, 1.82) is 0 Å². The Labute approximate surface area is 125 Å². The quantitative estimate of drug-likeness (QED) is 0.811. The molecular formula is C17H23NO3. The summed E-state index contributed by atoms with van der Waals surface area (Å²) in [5.74, 6) is -1.02. The second-order valence-electron chi connectivity index (χ2n) is 5.87. The monoisotopic (exact) mass is 289 g/mol. The van der Waals surface area contributed by atoms with Crippen LogP contribution in [-0.4, -0.2) is 23.5 Å². The number of benzene rings is 1. The van der Waals surface area contributed by atoms with E-state index in [0.717, 1.165) is 12.8 Å². The van der Waals surface area contributed by atoms with Gasteiger partial charge in [-0.3, -0.25) is 9.59 Å². The summed E-state index contributed by atoms with van der Waals surface area (Å²) >= 11 is 0. The predicted octanol–water partition coefficient (Wildman–Crippen LogP) is 2.72. The van der Waals surface area contributed by atoms with Gasteiger partial charge in [0.05, 0.1) is 5.92 Å². The highest BCUT2D eigenvalue weighted by molar-refractivity contribution is 5.83. The standard InChI is InChI=1S/C17H23NO3/c1-3-6-12(17(20)21)10-18-16(19)15-9-14(15)13-8-5-4-7-11(13)2/h4-5,7-8,12,14-15H,3,6,9-10H2,1-2H3,(H,18,19)(H,20,21). The van der Waals surface area contributed by atoms with Gasteiger partial charge in [0, 0.05) is 12.5 Å². The number of aliphatic carboxylic acids is 1. The zero-order chi connectivity index (χ0) is 15.4. The maximum Gasteiger partial charge on any atom is 0.308 e. The highest BCUT2D eigenvalue weighted by Gasteiger charge is 2.44. The predicted molar refractivity (Wildman–Crippen MR) is 81.1 cm³/mol. The van der Waals surface area contributed by atoms with Gasteiger partial charge < -0.3 is 10.4 Å². The molecule has 4 nitrogen and oxygen atoms in total. The number of carbonyl (C=O) groups excluding carboxylic acids is 1. The number of nitrogens with one attached hydrogen (secondary N) is 1. The van der Waals surface area contributed by atoms with Gasteiger partial charge in [-0.1, -0.05) is 37.6 Å². The third kappa shape index (κ3) is 3.84. The van der Waals surface area contributed by atoms with Crippen LogP contribution in [0.2, 0.25) is 0 Å². The molecule has 1 fully saturated rings. The van der Waals surface area contributed by atoms with Gasteiger partial charge in [0.15, 0.2) is 0 Å². The van der Waals surface area contributed by atoms with E-state index in [1.807, 2.05) is 19.1 Å². The number of carbonyl (C=O) groups is 2. The first-order valence-corrected chi connectivity index (χ1v) is 7.60. The van der Waals surface area contributed by atoms with Gasteiger partial charge >= 0.3 is 5.97 Å². The fourth-order valence-electron chi connectivity index (χ4n) is 2.85. The lowest BCUT2D eigenvalue weighted by Gasteiger charge is -2.12. The summed E-state index contributed by atoms with van der Waals surface area (Å²) in [7, 11) is 0. The second kappa shape index (κ2) is 6.74. The van der Waals surface area contributed by atoms with Crippen molar-refractivity contribution >= 4 is 11.9 Å². The smallest absolute Gasteiger partial charge is 0.308 e. The minimum Gasteiger partial charge on any atom is -0.481 e. The maximum atomic E-state index is 12.1. The van der Waals surface area contributed by atoms with Crippen LogP contribution in [0.15, 0.2) is 24.3 Å². The summed E-state index contributed by atoms with van der Waals surface area (Å²) in [6.07, 6.45) is 2.27. The molecule has 1 aliphatic carbocycles. The Morgan fingerprint density at radius 1 is 1.38 bits per heavy atom. The van der Waals surface area contributed by atoms with Crippen LogP contribution in [0.4, 0.5) is 0 Å². The summed E-state index contributed by atoms with van der Waals surface area (Å²) in [4.78, 5) is 23.2. The van der Waals surface area contributed by atoms with Crippen LogP contribution in [-0.2, 0) is 9.59 Å². The molecule has 0 saturated heterocycles. The van der Waals surface area contributed by atoms with Gasteiger partial charge in [-0.15, -0.1) is 0 Å². The summed E-state index contributed by atoms with van der Waals surface area (Å²) in [6, 6.07) is 8.13. The molecule has 1 saturated carbocycles. The highest BCUT2D eigenvalue weighted by Crippen LogP contribution is 2.48. The molecule has 3 atom stereocenters. The molecule has 1 aliphatic rings. The Morgan fingerprint density at radius 2 is 2.10 bits per heavy atom. The zero-order valence-electron chi connectivity index (χ0n) is 12.6. The van der Waals surface area contributed by atoms with Crippen LogP contribution < -0.4 is 5.32 Å². The summed E-state index contributed by atoms with van der Waals surface area (Å²) in [5.41, 5.74) is 2.45. The van der Waals surface area contributed by atoms with Gasteiger partial charge in [-0.2, -0.15) is 0 Å². The van der Waals surface area contributed by atoms with Crippen molar-refractivity contribution in [3.8, 4) is 0 Å². The molecule has 4 heteroatoms. The average Bonchev–Trinajstić information content (AvgIpc) is 3.23. The second-order valence-corrected chi connectivity index (χ2v) is 5.87. The largest absolute Gasteiger partial charge is 0.481 e. The number of rotatable bonds is 7. The van der Waals surface area contributed by atoms with E-state index in [2.05, 4.69) is 24.4 Å². The zero-order valence-corrected chi connectivity index (χ0v) is 12.6. The Bertz CT molecular complexity index is 527. The van der Waals surface area contributed by atoms with Gasteiger partial charge in [-0.25, -0.2) is 0 Å². The van der Waals surface area contributed by atoms with Gasteiger partial charge in [-0.05, 0) is 36.8 Å². The minimum atomic E-state index is -0.830. The molecule has 0 heterocycles. The molecule has 2 N–H and O–H groups in total. The van der Waals surface area contributed by atoms with E-state index in [4.69, 9.17) is 5.11 Å². The molecule has 114 valence electrons. The van der Waals surface area contributed by atoms with E-state index in [1.54, 1.807) is 0 Å². The molecule has 0 aliphatic heterocycles. The lowest BCUT2D eigenvalue weighted by molar-refractivity contribution is -0.142. The topological polar surface area (TPSA) is 66.4 Å². The van der Waals surface area contributed by atoms with Crippen LogP contribution in [0.5, 0.6) is 0 Å². The first-order valence-electron chi connectivity index (χ1n) is 7.60. The van der Waals surface area contributed by atoms with Gasteiger partial charge in [0.1, 0.15) is 0 Å². The van der Waals surface area contributed by atoms with E-state index in [1.165, 1.54) is 11.1 Å². The molecule has 0 spiro atoms. The minimum absolute atomic E-state index is 0.00201. The van der Waals surface area contributed by atoms with Crippen molar-refractivity contribution in [2.45, 2.75) is 39.0 Å². The lowest BCUT2D eigenvalue weighted by Crippen LogP contribution is -2.34. The number of amides is 1. The third-order valence-electron chi connectivity index (χ3n) is 4.22. The Morgan fingerprint density at radius 3 is 2.71 bits per heavy atom. The van der Waals surface area contributed by atoms with Crippen molar-refractivity contribution in [1.82, 2.24) is 5.32 Å². The molecule has 21 heavy (non-hydrogen) atoms. The van der Waals surface area contributed by atoms with Crippen molar-refractivity contribution < 1.29 is 14.7 Å². The number of hydrogen-bond acceptors (Lipinski definition) is 2. The first kappa shape index (κ1) is 15.5. The molecule has 0 aromatic heterocycles. The fraction of sp³-hybridized carbons (Fsp3) is 0.529. The molecule has 1 aromatic carbocycles. The first-order chi connectivity index (χ1) is 10.0. The third-order valence-corrected chi connectivity index (χ3v) is 4.22. The molecule has 3 unspecified atom stereocenters. The average molecular weight is 289 g/mol. The van der Waals surface area contributed by atoms with Crippen LogP contribution in [0.25, 0.3) is 0 Å². The van der Waals surface area contributed by atoms with E-state index in [9.17, 15) is 9.59 Å². The van der Waals surface area contributed by atoms with Crippen molar-refractivity contribution in [3.05, 3.63) is 35.4 Å². The molecule has 0 bridgehead atoms. The number of hydrogen-bond donors (Lipinski definition) is 2. The summed E-state index contributed by atoms with van der Waals surface area (Å²) in [5, 5.41) is 11.9. The van der Waals surface area contributed by atoms with E-state index < -0.39 is 11.9 Å². The van der Waals surface area contributed by atoms with Crippen molar-refractivity contribution in [2.24, 2.45) is 11.8 Å². The Kier molecular flexibility index (Phi) is 4.99. The Balaban J connectivity index is 1.86. The normalized spacial score (nSPS) is 21.6. The molecule has 1 amide bonds. The molecule has 2 rings (SSSR count). The van der Waals surface area contributed by atoms with Gasteiger partial charge in [0.2, 0.25) is 5.91 Å². The van der Waals surface area contributed by atoms with Crippen LogP contribution in [0.1, 0.15) is 43.2 Å². The van der Waals surface area contributed by atoms with Crippen molar-refractivity contribution in [2.75, 3.05) is 6.54 Å². The number of aryl methyl sites for hydroxylation is 1. The maximum absolute atomic E-state index is 12.1. The van der Waals surface area contributed by atoms with E-state index >= 15 is 0 Å². The molecule has 0 radical (unpaired) electrons. The van der Waals surface area contributed by atoms with Crippen molar-refractivity contribution in [3.63, 3.8) is 0 Å². The highest BCUT2D eigenvalue weighted by atomic mass is 16.4. The molecule has 1 aromatic rings. The van der Waals surface area contributed by atoms with Gasteiger partial charge in [0.25, 0.3) is 0 Å². The Hall–Kier alpha value is -1.84. The van der Waals surface area contributed by atoms with Crippen LogP contribution in [0.3, 0.4) is 0 Å². The summed E-state index contributed by atoms with van der Waals surface area (Å²) < 4.78 is 0. The fourth-order valence-corrected chi connectivity index (χ4v) is 2.85. The SMILES string of the molecule is CCCC(CNC(=O)C1CC1c1ccccc1C)C(=O)O. The number of carboxylic acids is 1.